The van der Waals surface area contributed by atoms with Gasteiger partial charge in [0.15, 0.2) is 11.3 Å². The number of ether oxygens (including phenoxy) is 2. The molecule has 6 saturated heterocycles. The van der Waals surface area contributed by atoms with Gasteiger partial charge in [-0.25, -0.2) is 28.1 Å². The summed E-state index contributed by atoms with van der Waals surface area (Å²) in [5.74, 6) is -2.05. The molecule has 8 aromatic carbocycles. The zero-order valence-electron chi connectivity index (χ0n) is 72.3. The van der Waals surface area contributed by atoms with Crippen molar-refractivity contribution in [2.24, 2.45) is 0 Å². The third kappa shape index (κ3) is 22.3. The lowest BCUT2D eigenvalue weighted by Crippen LogP contribution is -2.45. The van der Waals surface area contributed by atoms with Crippen molar-refractivity contribution >= 4 is 97.3 Å². The van der Waals surface area contributed by atoms with Gasteiger partial charge in [0, 0.05) is 209 Å². The van der Waals surface area contributed by atoms with Crippen LogP contribution in [-0.2, 0) is 81.2 Å². The summed E-state index contributed by atoms with van der Waals surface area (Å²) in [6, 6.07) is 62.2. The van der Waals surface area contributed by atoms with Crippen LogP contribution >= 0.6 is 34.0 Å². The molecule has 12 aromatic rings. The number of likely N-dealkylation sites (tertiary alicyclic amines) is 3. The molecule has 6 aliphatic rings. The fourth-order valence-electron chi connectivity index (χ4n) is 18.3. The third-order valence-corrected chi connectivity index (χ3v) is 25.0. The number of carbonyl (C=O) groups excluding carboxylic acids is 5. The number of rotatable bonds is 29. The number of aldehydes is 1. The predicted octanol–water partition coefficient (Wildman–Crippen LogP) is 16.2. The molecule has 4 bridgehead atoms. The van der Waals surface area contributed by atoms with Gasteiger partial charge in [-0.2, -0.15) is 10.2 Å². The van der Waals surface area contributed by atoms with Crippen LogP contribution in [0.1, 0.15) is 168 Å². The number of amides is 4. The molecular formula is C100H112Br2F2N16O7. The lowest BCUT2D eigenvalue weighted by Gasteiger charge is -2.34. The van der Waals surface area contributed by atoms with Crippen molar-refractivity contribution in [3.63, 3.8) is 0 Å². The van der Waals surface area contributed by atoms with Crippen LogP contribution in [0.15, 0.2) is 207 Å². The maximum Gasteiger partial charge on any atom is 0.251 e. The van der Waals surface area contributed by atoms with E-state index in [1.165, 1.54) is 49.2 Å². The maximum absolute atomic E-state index is 15.4. The summed E-state index contributed by atoms with van der Waals surface area (Å²) in [4.78, 5) is 82.7. The molecule has 6 aliphatic heterocycles. The van der Waals surface area contributed by atoms with E-state index in [0.717, 1.165) is 143 Å². The van der Waals surface area contributed by atoms with E-state index in [9.17, 15) is 28.4 Å². The number of halogens is 4. The summed E-state index contributed by atoms with van der Waals surface area (Å²) in [6.45, 7) is 20.7. The normalized spacial score (nSPS) is 17.4. The van der Waals surface area contributed by atoms with Gasteiger partial charge in [0.2, 0.25) is 0 Å². The molecule has 4 atom stereocenters. The van der Waals surface area contributed by atoms with Crippen LogP contribution in [-0.4, -0.2) is 163 Å². The van der Waals surface area contributed by atoms with E-state index in [2.05, 4.69) is 142 Å². The number of piperazine rings is 2. The van der Waals surface area contributed by atoms with Gasteiger partial charge in [-0.15, -0.1) is 34.0 Å². The lowest BCUT2D eigenvalue weighted by atomic mass is 10.00. The van der Waals surface area contributed by atoms with Crippen molar-refractivity contribution < 1.29 is 42.2 Å². The minimum Gasteiger partial charge on any atom is -0.381 e. The number of nitrogens with one attached hydrogen (secondary N) is 7. The molecule has 18 rings (SSSR count). The monoisotopic (exact) mass is 1840 g/mol. The van der Waals surface area contributed by atoms with E-state index in [1.54, 1.807) is 91.0 Å². The SMILES string of the molecule is Br.Br.CCc1nc2c(cnn2CC)c(NC2CCOCC2)c1CNC(=O)c1cccc(C(=O)NCc2ccc(F)c(-c3cccc(C=O)c3)c2)c1.CCc1nc2c(cnn2CC)c(NC2CCOCC2)c1CNC(=O)c1cccc(C(=O)NCc2ccc(F)c(-c3cccc(CN4C[C@@H]5C[C@H]4CN5Cc4ccccc4)c3)c2)c1.c1ccc(CN2C[C@H]3C[C@@H]2CN3)cc1. The summed E-state index contributed by atoms with van der Waals surface area (Å²) < 4.78 is 45.0. The van der Waals surface area contributed by atoms with Gasteiger partial charge in [0.1, 0.15) is 17.9 Å². The number of fused-ring (bicyclic) bond motifs is 6. The Morgan fingerprint density at radius 3 is 1.28 bits per heavy atom. The van der Waals surface area contributed by atoms with E-state index in [1.807, 2.05) is 60.7 Å². The second-order valence-electron chi connectivity index (χ2n) is 33.3. The first-order valence-corrected chi connectivity index (χ1v) is 44.1. The highest BCUT2D eigenvalue weighted by Crippen LogP contribution is 2.37. The third-order valence-electron chi connectivity index (χ3n) is 25.0. The van der Waals surface area contributed by atoms with E-state index < -0.39 is 5.82 Å². The number of pyridine rings is 2. The molecule has 27 heteroatoms. The van der Waals surface area contributed by atoms with Crippen LogP contribution in [0.4, 0.5) is 20.2 Å². The van der Waals surface area contributed by atoms with Crippen LogP contribution in [0, 0.1) is 11.6 Å². The minimum absolute atomic E-state index is 0. The van der Waals surface area contributed by atoms with Crippen LogP contribution < -0.4 is 37.2 Å². The van der Waals surface area contributed by atoms with Crippen molar-refractivity contribution in [1.82, 2.24) is 70.8 Å². The predicted molar refractivity (Wildman–Crippen MR) is 504 cm³/mol. The minimum atomic E-state index is -0.430. The first-order valence-electron chi connectivity index (χ1n) is 44.1. The molecule has 0 aliphatic carbocycles. The Kier molecular flexibility index (Phi) is 31.5. The molecule has 0 spiro atoms. The van der Waals surface area contributed by atoms with Gasteiger partial charge in [-0.1, -0.05) is 135 Å². The van der Waals surface area contributed by atoms with Crippen LogP contribution in [0.25, 0.3) is 44.3 Å². The molecular weight excluding hydrogens is 1740 g/mol. The molecule has 7 N–H and O–H groups in total. The molecule has 4 amide bonds. The molecule has 6 fully saturated rings. The maximum atomic E-state index is 15.4. The first-order chi connectivity index (χ1) is 61.1. The standard InChI is InChI=1S/C50H55FN8O3.C38H39FN6O4.C12H16N2.2BrH/c1-3-46-43(47(55-39-18-20-62-21-19-39)44-28-54-59(4-2)48(44)56-46)27-53-50(61)38-15-9-14-37(24-38)49(60)52-26-34-16-17-45(51)42(23-34)36-13-8-12-35(22-36)30-58-32-40-25-41(58)31-57(40)29-33-10-6-5-7-11-33;1-3-34-31(35(43-29-13-15-49-16-14-29)32-22-42-45(4-2)36(32)44-34)21-41-38(48)28-10-6-9-27(19-28)37(47)40-20-24-11-12-33(39)30(18-24)26-8-5-7-25(17-26)23-46;1-2-4-10(5-3-1)8-14-9-11-6-12(14)7-13-11;;/h5-17,22-24,28,39-41H,3-4,18-21,25-27,29-32H2,1-2H3,(H,52,60)(H,53,61)(H,55,56);5-12,17-19,22-23,29H,3-4,13-16,20-21H2,1-2H3,(H,40,47)(H,41,48)(H,43,44);1-5,11-13H,6-9H2;2*1H/t40-,41-;;11-,12-;;/m0.1../s1. The number of hydrogen-bond acceptors (Lipinski definition) is 17. The Bertz CT molecular complexity index is 5830. The van der Waals surface area contributed by atoms with E-state index in [-0.39, 0.29) is 102 Å². The molecule has 4 aromatic heterocycles. The van der Waals surface area contributed by atoms with Crippen molar-refractivity contribution in [2.75, 3.05) is 63.2 Å². The molecule has 10 heterocycles. The van der Waals surface area contributed by atoms with Crippen LogP contribution in [0.3, 0.4) is 0 Å². The summed E-state index contributed by atoms with van der Waals surface area (Å²) in [5.41, 5.74) is 16.6. The fraction of sp³-hybridized carbons (Fsp3) is 0.350. The average molecular weight is 1850 g/mol. The number of aromatic nitrogens is 6. The molecule has 662 valence electrons. The number of carbonyl (C=O) groups is 5. The summed E-state index contributed by atoms with van der Waals surface area (Å²) >= 11 is 0. The topological polar surface area (TPSA) is 259 Å². The summed E-state index contributed by atoms with van der Waals surface area (Å²) in [7, 11) is 0. The van der Waals surface area contributed by atoms with E-state index in [4.69, 9.17) is 19.4 Å². The molecule has 23 nitrogen and oxygen atoms in total. The number of anilines is 2. The highest BCUT2D eigenvalue weighted by atomic mass is 79.9. The zero-order chi connectivity index (χ0) is 86.3. The zero-order valence-corrected chi connectivity index (χ0v) is 75.7. The Balaban J connectivity index is 0.000000178. The molecule has 0 radical (unpaired) electrons. The van der Waals surface area contributed by atoms with Crippen LogP contribution in [0.2, 0.25) is 0 Å². The van der Waals surface area contributed by atoms with Gasteiger partial charge in [-0.05, 0) is 177 Å². The Morgan fingerprint density at radius 1 is 0.449 bits per heavy atom. The number of benzene rings is 8. The first kappa shape index (κ1) is 91.9. The van der Waals surface area contributed by atoms with E-state index >= 15 is 4.39 Å². The summed E-state index contributed by atoms with van der Waals surface area (Å²) in [6.07, 6.45) is 11.8. The van der Waals surface area contributed by atoms with Crippen LogP contribution in [0.5, 0.6) is 0 Å². The number of hydrogen-bond donors (Lipinski definition) is 7. The Labute approximate surface area is 761 Å². The quantitative estimate of drug-likeness (QED) is 0.0215. The number of nitrogens with zero attached hydrogens (tertiary/aromatic N) is 9. The van der Waals surface area contributed by atoms with Gasteiger partial charge in [-0.3, -0.25) is 38.7 Å². The van der Waals surface area contributed by atoms with E-state index in [0.29, 0.717) is 121 Å². The average Bonchev–Trinajstić information content (AvgIpc) is 1.67. The smallest absolute Gasteiger partial charge is 0.251 e. The van der Waals surface area contributed by atoms with Gasteiger partial charge in [0.05, 0.1) is 34.5 Å². The largest absolute Gasteiger partial charge is 0.381 e. The Morgan fingerprint density at radius 2 is 0.866 bits per heavy atom. The second kappa shape index (κ2) is 43.5. The number of aryl methyl sites for hydroxylation is 4. The highest BCUT2D eigenvalue weighted by Gasteiger charge is 2.43. The summed E-state index contributed by atoms with van der Waals surface area (Å²) in [5, 5.41) is 34.0. The molecule has 0 unspecified atom stereocenters. The van der Waals surface area contributed by atoms with Gasteiger partial charge >= 0.3 is 0 Å². The van der Waals surface area contributed by atoms with Crippen molar-refractivity contribution in [2.45, 2.75) is 174 Å². The van der Waals surface area contributed by atoms with Crippen molar-refractivity contribution in [1.29, 1.82) is 0 Å². The molecule has 127 heavy (non-hydrogen) atoms. The Hall–Kier alpha value is -11.3. The second-order valence-corrected chi connectivity index (χ2v) is 33.3. The fourth-order valence-corrected chi connectivity index (χ4v) is 18.3. The lowest BCUT2D eigenvalue weighted by molar-refractivity contribution is 0.0903. The molecule has 0 saturated carbocycles. The van der Waals surface area contributed by atoms with Gasteiger partial charge in [0.25, 0.3) is 23.6 Å². The van der Waals surface area contributed by atoms with Crippen molar-refractivity contribution in [3.8, 4) is 22.3 Å². The highest BCUT2D eigenvalue weighted by molar-refractivity contribution is 8.93. The van der Waals surface area contributed by atoms with Crippen molar-refractivity contribution in [3.05, 3.63) is 296 Å². The van der Waals surface area contributed by atoms with Gasteiger partial charge < -0.3 is 46.7 Å².